The quantitative estimate of drug-likeness (QED) is 0.726. The smallest absolute Gasteiger partial charge is 0.255 e. The van der Waals surface area contributed by atoms with E-state index < -0.39 is 15.9 Å². The Labute approximate surface area is 175 Å². The van der Waals surface area contributed by atoms with Gasteiger partial charge in [0.2, 0.25) is 10.0 Å². The normalized spacial score (nSPS) is 17.2. The molecule has 2 fully saturated rings. The van der Waals surface area contributed by atoms with Gasteiger partial charge in [-0.25, -0.2) is 18.1 Å². The number of pyridine rings is 1. The second kappa shape index (κ2) is 8.30. The van der Waals surface area contributed by atoms with E-state index in [1.165, 1.54) is 24.6 Å². The average molecular weight is 435 g/mol. The van der Waals surface area contributed by atoms with Gasteiger partial charge in [-0.1, -0.05) is 11.6 Å². The molecule has 9 heteroatoms. The number of sulfonamides is 1. The number of carbonyl (C=O) groups is 1. The first-order chi connectivity index (χ1) is 13.9. The van der Waals surface area contributed by atoms with Crippen molar-refractivity contribution in [2.75, 3.05) is 23.3 Å². The molecule has 2 N–H and O–H groups in total. The zero-order valence-corrected chi connectivity index (χ0v) is 17.5. The van der Waals surface area contributed by atoms with Crippen molar-refractivity contribution in [3.05, 3.63) is 47.1 Å². The SMILES string of the molecule is O=C(Nc1ccc(N2CCCCC2)nc1)c1ccc(Cl)c(S(=O)(=O)NC2CC2)c1. The van der Waals surface area contributed by atoms with Crippen molar-refractivity contribution in [2.24, 2.45) is 0 Å². The third kappa shape index (κ3) is 4.88. The van der Waals surface area contributed by atoms with Gasteiger partial charge in [0.1, 0.15) is 10.7 Å². The molecule has 0 radical (unpaired) electrons. The number of hydrogen-bond donors (Lipinski definition) is 2. The topological polar surface area (TPSA) is 91.4 Å². The fourth-order valence-corrected chi connectivity index (χ4v) is 5.14. The first-order valence-electron chi connectivity index (χ1n) is 9.77. The molecule has 1 saturated heterocycles. The Morgan fingerprint density at radius 2 is 1.86 bits per heavy atom. The highest BCUT2D eigenvalue weighted by molar-refractivity contribution is 7.89. The number of halogens is 1. The standard InChI is InChI=1S/C20H23ClN4O3S/c21-17-8-4-14(12-18(17)29(27,28)24-15-5-6-15)20(26)23-16-7-9-19(22-13-16)25-10-2-1-3-11-25/h4,7-9,12-13,15,24H,1-3,5-6,10-11H2,(H,23,26). The van der Waals surface area contributed by atoms with Crippen LogP contribution in [0.25, 0.3) is 0 Å². The number of benzene rings is 1. The first-order valence-corrected chi connectivity index (χ1v) is 11.6. The highest BCUT2D eigenvalue weighted by Gasteiger charge is 2.29. The Hall–Kier alpha value is -2.16. The summed E-state index contributed by atoms with van der Waals surface area (Å²) in [6.07, 6.45) is 6.83. The van der Waals surface area contributed by atoms with Crippen LogP contribution in [0.2, 0.25) is 5.02 Å². The van der Waals surface area contributed by atoms with Crippen LogP contribution in [-0.2, 0) is 10.0 Å². The maximum Gasteiger partial charge on any atom is 0.255 e. The van der Waals surface area contributed by atoms with E-state index in [-0.39, 0.29) is 21.5 Å². The average Bonchev–Trinajstić information content (AvgIpc) is 3.52. The largest absolute Gasteiger partial charge is 0.357 e. The summed E-state index contributed by atoms with van der Waals surface area (Å²) in [6.45, 7) is 1.99. The summed E-state index contributed by atoms with van der Waals surface area (Å²) in [5.74, 6) is 0.478. The number of carbonyl (C=O) groups excluding carboxylic acids is 1. The highest BCUT2D eigenvalue weighted by Crippen LogP contribution is 2.27. The minimum Gasteiger partial charge on any atom is -0.357 e. The van der Waals surface area contributed by atoms with Gasteiger partial charge in [0.25, 0.3) is 5.91 Å². The van der Waals surface area contributed by atoms with Crippen LogP contribution in [0, 0.1) is 0 Å². The summed E-state index contributed by atoms with van der Waals surface area (Å²) >= 11 is 6.08. The lowest BCUT2D eigenvalue weighted by Gasteiger charge is -2.27. The number of amides is 1. The predicted octanol–water partition coefficient (Wildman–Crippen LogP) is 3.42. The molecular weight excluding hydrogens is 412 g/mol. The molecule has 0 bridgehead atoms. The third-order valence-corrected chi connectivity index (χ3v) is 7.07. The molecule has 2 aliphatic rings. The van der Waals surface area contributed by atoms with Gasteiger partial charge in [0, 0.05) is 24.7 Å². The summed E-state index contributed by atoms with van der Waals surface area (Å²) in [5, 5.41) is 2.85. The number of aromatic nitrogens is 1. The van der Waals surface area contributed by atoms with Gasteiger partial charge < -0.3 is 10.2 Å². The maximum atomic E-state index is 12.6. The Morgan fingerprint density at radius 3 is 2.52 bits per heavy atom. The first kappa shape index (κ1) is 20.1. The van der Waals surface area contributed by atoms with Crippen LogP contribution in [0.15, 0.2) is 41.4 Å². The van der Waals surface area contributed by atoms with Crippen molar-refractivity contribution in [1.29, 1.82) is 0 Å². The van der Waals surface area contributed by atoms with Crippen molar-refractivity contribution in [2.45, 2.75) is 43.0 Å². The summed E-state index contributed by atoms with van der Waals surface area (Å²) in [7, 11) is -3.75. The van der Waals surface area contributed by atoms with Crippen molar-refractivity contribution >= 4 is 39.0 Å². The maximum absolute atomic E-state index is 12.6. The minimum absolute atomic E-state index is 0.0435. The fourth-order valence-electron chi connectivity index (χ4n) is 3.31. The molecule has 0 unspecified atom stereocenters. The van der Waals surface area contributed by atoms with Gasteiger partial charge in [0.05, 0.1) is 16.9 Å². The number of rotatable bonds is 6. The number of hydrogen-bond acceptors (Lipinski definition) is 5. The molecule has 29 heavy (non-hydrogen) atoms. The second-order valence-corrected chi connectivity index (χ2v) is 9.54. The van der Waals surface area contributed by atoms with Crippen LogP contribution in [0.1, 0.15) is 42.5 Å². The van der Waals surface area contributed by atoms with Crippen LogP contribution in [-0.4, -0.2) is 38.4 Å². The number of anilines is 2. The van der Waals surface area contributed by atoms with Crippen LogP contribution in [0.3, 0.4) is 0 Å². The van der Waals surface area contributed by atoms with Gasteiger partial charge in [-0.05, 0) is 62.4 Å². The van der Waals surface area contributed by atoms with Gasteiger partial charge in [0.15, 0.2) is 0 Å². The van der Waals surface area contributed by atoms with Crippen molar-refractivity contribution in [3.8, 4) is 0 Å². The van der Waals surface area contributed by atoms with E-state index in [0.29, 0.717) is 5.69 Å². The monoisotopic (exact) mass is 434 g/mol. The Balaban J connectivity index is 1.47. The molecule has 0 spiro atoms. The molecular formula is C20H23ClN4O3S. The van der Waals surface area contributed by atoms with E-state index in [1.807, 2.05) is 6.07 Å². The van der Waals surface area contributed by atoms with Crippen LogP contribution < -0.4 is 14.9 Å². The van der Waals surface area contributed by atoms with E-state index in [1.54, 1.807) is 12.3 Å². The van der Waals surface area contributed by atoms with Crippen molar-refractivity contribution in [1.82, 2.24) is 9.71 Å². The van der Waals surface area contributed by atoms with Crippen LogP contribution in [0.4, 0.5) is 11.5 Å². The molecule has 154 valence electrons. The molecule has 2 aromatic rings. The minimum atomic E-state index is -3.75. The van der Waals surface area contributed by atoms with Crippen LogP contribution in [0.5, 0.6) is 0 Å². The molecule has 4 rings (SSSR count). The highest BCUT2D eigenvalue weighted by atomic mass is 35.5. The lowest BCUT2D eigenvalue weighted by molar-refractivity contribution is 0.102. The molecule has 1 amide bonds. The molecule has 1 aliphatic heterocycles. The predicted molar refractivity (Wildman–Crippen MR) is 113 cm³/mol. The lowest BCUT2D eigenvalue weighted by atomic mass is 10.1. The van der Waals surface area contributed by atoms with Gasteiger partial charge in [-0.15, -0.1) is 0 Å². The second-order valence-electron chi connectivity index (χ2n) is 7.45. The molecule has 0 atom stereocenters. The number of nitrogens with zero attached hydrogens (tertiary/aromatic N) is 2. The van der Waals surface area contributed by atoms with Gasteiger partial charge in [-0.2, -0.15) is 0 Å². The third-order valence-electron chi connectivity index (χ3n) is 5.07. The molecule has 1 aromatic carbocycles. The Kier molecular flexibility index (Phi) is 5.76. The van der Waals surface area contributed by atoms with Gasteiger partial charge in [-0.3, -0.25) is 4.79 Å². The van der Waals surface area contributed by atoms with E-state index in [0.717, 1.165) is 44.6 Å². The lowest BCUT2D eigenvalue weighted by Crippen LogP contribution is -2.30. The zero-order valence-electron chi connectivity index (χ0n) is 15.9. The number of nitrogens with one attached hydrogen (secondary N) is 2. The van der Waals surface area contributed by atoms with Crippen molar-refractivity contribution in [3.63, 3.8) is 0 Å². The molecule has 2 heterocycles. The summed E-state index contributed by atoms with van der Waals surface area (Å²) < 4.78 is 27.5. The van der Waals surface area contributed by atoms with E-state index in [2.05, 4.69) is 19.9 Å². The zero-order chi connectivity index (χ0) is 20.4. The van der Waals surface area contributed by atoms with Crippen molar-refractivity contribution < 1.29 is 13.2 Å². The molecule has 1 saturated carbocycles. The van der Waals surface area contributed by atoms with Crippen LogP contribution >= 0.6 is 11.6 Å². The summed E-state index contributed by atoms with van der Waals surface area (Å²) in [5.41, 5.74) is 0.761. The molecule has 7 nitrogen and oxygen atoms in total. The number of piperidine rings is 1. The van der Waals surface area contributed by atoms with Gasteiger partial charge >= 0.3 is 0 Å². The molecule has 1 aliphatic carbocycles. The Morgan fingerprint density at radius 1 is 1.10 bits per heavy atom. The van der Waals surface area contributed by atoms with E-state index in [9.17, 15) is 13.2 Å². The molecule has 1 aromatic heterocycles. The fraction of sp³-hybridized carbons (Fsp3) is 0.400. The summed E-state index contributed by atoms with van der Waals surface area (Å²) in [6, 6.07) is 7.88. The Bertz CT molecular complexity index is 1000. The van der Waals surface area contributed by atoms with E-state index >= 15 is 0 Å². The summed E-state index contributed by atoms with van der Waals surface area (Å²) in [4.78, 5) is 19.2. The van der Waals surface area contributed by atoms with E-state index in [4.69, 9.17) is 11.6 Å².